The lowest BCUT2D eigenvalue weighted by molar-refractivity contribution is -0.110. The number of rotatable bonds is 1. The van der Waals surface area contributed by atoms with E-state index in [0.717, 1.165) is 23.0 Å². The molecule has 1 aliphatic rings. The Kier molecular flexibility index (Phi) is 2.08. The molecule has 0 aromatic heterocycles. The van der Waals surface area contributed by atoms with Crippen molar-refractivity contribution in [3.05, 3.63) is 41.1 Å². The van der Waals surface area contributed by atoms with Crippen molar-refractivity contribution in [1.82, 2.24) is 5.32 Å². The van der Waals surface area contributed by atoms with Gasteiger partial charge >= 0.3 is 0 Å². The molecule has 1 unspecified atom stereocenters. The third kappa shape index (κ3) is 1.23. The Hall–Kier alpha value is -1.28. The van der Waals surface area contributed by atoms with E-state index in [2.05, 4.69) is 5.32 Å². The number of nitrogens with one attached hydrogen (secondary N) is 1. The van der Waals surface area contributed by atoms with Crippen molar-refractivity contribution < 1.29 is 4.79 Å². The number of fused-ring (bicyclic) bond motifs is 1. The van der Waals surface area contributed by atoms with Gasteiger partial charge in [-0.05, 0) is 30.3 Å². The third-order valence-corrected chi connectivity index (χ3v) is 2.82. The summed E-state index contributed by atoms with van der Waals surface area (Å²) >= 11 is 6.13. The van der Waals surface area contributed by atoms with E-state index in [9.17, 15) is 4.79 Å². The maximum absolute atomic E-state index is 10.9. The van der Waals surface area contributed by atoms with Crippen LogP contribution < -0.4 is 5.32 Å². The van der Waals surface area contributed by atoms with E-state index in [1.165, 1.54) is 0 Å². The zero-order valence-corrected chi connectivity index (χ0v) is 8.51. The van der Waals surface area contributed by atoms with Crippen molar-refractivity contribution in [2.24, 2.45) is 0 Å². The zero-order chi connectivity index (χ0) is 10.2. The van der Waals surface area contributed by atoms with Gasteiger partial charge in [0, 0.05) is 5.56 Å². The molecule has 0 amide bonds. The van der Waals surface area contributed by atoms with E-state index in [1.807, 2.05) is 31.2 Å². The van der Waals surface area contributed by atoms with Crippen LogP contribution in [-0.4, -0.2) is 6.29 Å². The normalized spacial score (nSPS) is 23.9. The van der Waals surface area contributed by atoms with E-state index in [4.69, 9.17) is 11.6 Å². The minimum Gasteiger partial charge on any atom is -0.363 e. The Labute approximate surface area is 87.6 Å². The first-order valence-corrected chi connectivity index (χ1v) is 4.75. The second-order valence-electron chi connectivity index (χ2n) is 3.34. The maximum atomic E-state index is 10.9. The SMILES string of the molecule is Cc1cccc2c1C=CNC2(Cl)C=O. The largest absolute Gasteiger partial charge is 0.363 e. The summed E-state index contributed by atoms with van der Waals surface area (Å²) in [4.78, 5) is 9.83. The van der Waals surface area contributed by atoms with Crippen LogP contribution in [0.4, 0.5) is 0 Å². The fourth-order valence-corrected chi connectivity index (χ4v) is 1.87. The lowest BCUT2D eigenvalue weighted by Crippen LogP contribution is -2.37. The molecule has 0 radical (unpaired) electrons. The van der Waals surface area contributed by atoms with Crippen molar-refractivity contribution in [1.29, 1.82) is 0 Å². The van der Waals surface area contributed by atoms with Gasteiger partial charge in [0.1, 0.15) is 0 Å². The molecule has 0 saturated heterocycles. The second-order valence-corrected chi connectivity index (χ2v) is 3.94. The van der Waals surface area contributed by atoms with Gasteiger partial charge in [-0.2, -0.15) is 0 Å². The topological polar surface area (TPSA) is 29.1 Å². The molecule has 0 saturated carbocycles. The molecule has 0 aliphatic carbocycles. The summed E-state index contributed by atoms with van der Waals surface area (Å²) in [6.45, 7) is 2.00. The Morgan fingerprint density at radius 2 is 2.29 bits per heavy atom. The number of alkyl halides is 1. The van der Waals surface area contributed by atoms with Crippen LogP contribution in [0, 0.1) is 6.92 Å². The molecule has 3 heteroatoms. The Morgan fingerprint density at radius 3 is 3.00 bits per heavy atom. The fraction of sp³-hybridized carbons (Fsp3) is 0.182. The van der Waals surface area contributed by atoms with Gasteiger partial charge in [0.2, 0.25) is 0 Å². The number of aryl methyl sites for hydroxylation is 1. The third-order valence-electron chi connectivity index (χ3n) is 2.42. The summed E-state index contributed by atoms with van der Waals surface area (Å²) in [6, 6.07) is 5.76. The van der Waals surface area contributed by atoms with Crippen molar-refractivity contribution >= 4 is 24.0 Å². The predicted molar refractivity (Wildman–Crippen MR) is 56.9 cm³/mol. The lowest BCUT2D eigenvalue weighted by Gasteiger charge is -2.27. The highest BCUT2D eigenvalue weighted by Crippen LogP contribution is 2.32. The maximum Gasteiger partial charge on any atom is 0.194 e. The molecule has 2 nitrogen and oxygen atoms in total. The molecule has 72 valence electrons. The summed E-state index contributed by atoms with van der Waals surface area (Å²) in [5.41, 5.74) is 2.96. The average Bonchev–Trinajstić information content (AvgIpc) is 2.20. The van der Waals surface area contributed by atoms with Crippen LogP contribution in [0.5, 0.6) is 0 Å². The van der Waals surface area contributed by atoms with Gasteiger partial charge in [-0.15, -0.1) is 0 Å². The van der Waals surface area contributed by atoms with Crippen LogP contribution in [-0.2, 0) is 9.79 Å². The van der Waals surface area contributed by atoms with Gasteiger partial charge in [0.15, 0.2) is 11.3 Å². The van der Waals surface area contributed by atoms with Crippen LogP contribution in [0.25, 0.3) is 6.08 Å². The van der Waals surface area contributed by atoms with Crippen LogP contribution in [0.2, 0.25) is 0 Å². The molecule has 1 heterocycles. The number of halogens is 1. The summed E-state index contributed by atoms with van der Waals surface area (Å²) < 4.78 is 0. The molecule has 1 atom stereocenters. The summed E-state index contributed by atoms with van der Waals surface area (Å²) in [7, 11) is 0. The number of aldehydes is 1. The molecule has 14 heavy (non-hydrogen) atoms. The predicted octanol–water partition coefficient (Wildman–Crippen LogP) is 2.16. The quantitative estimate of drug-likeness (QED) is 0.435. The average molecular weight is 208 g/mol. The van der Waals surface area contributed by atoms with Crippen LogP contribution in [0.3, 0.4) is 0 Å². The van der Waals surface area contributed by atoms with Crippen molar-refractivity contribution in [2.45, 2.75) is 11.9 Å². The minimum atomic E-state index is -1.10. The smallest absolute Gasteiger partial charge is 0.194 e. The molecule has 1 aliphatic heterocycles. The second kappa shape index (κ2) is 3.14. The zero-order valence-electron chi connectivity index (χ0n) is 7.75. The molecule has 0 bridgehead atoms. The molecule has 0 fully saturated rings. The number of hydrogen-bond acceptors (Lipinski definition) is 2. The molecular formula is C11H10ClNO. The number of carbonyl (C=O) groups is 1. The summed E-state index contributed by atoms with van der Waals surface area (Å²) in [6.07, 6.45) is 4.35. The molecule has 0 spiro atoms. The minimum absolute atomic E-state index is 0.719. The van der Waals surface area contributed by atoms with Gasteiger partial charge in [0.25, 0.3) is 0 Å². The van der Waals surface area contributed by atoms with Crippen molar-refractivity contribution in [2.75, 3.05) is 0 Å². The van der Waals surface area contributed by atoms with Gasteiger partial charge in [0.05, 0.1) is 0 Å². The van der Waals surface area contributed by atoms with Gasteiger partial charge in [-0.3, -0.25) is 4.79 Å². The monoisotopic (exact) mass is 207 g/mol. The van der Waals surface area contributed by atoms with Crippen molar-refractivity contribution in [3.8, 4) is 0 Å². The van der Waals surface area contributed by atoms with E-state index in [-0.39, 0.29) is 0 Å². The molecular weight excluding hydrogens is 198 g/mol. The first-order valence-electron chi connectivity index (χ1n) is 4.37. The van der Waals surface area contributed by atoms with E-state index >= 15 is 0 Å². The van der Waals surface area contributed by atoms with Crippen LogP contribution in [0.1, 0.15) is 16.7 Å². The van der Waals surface area contributed by atoms with E-state index in [1.54, 1.807) is 6.20 Å². The molecule has 1 N–H and O–H groups in total. The molecule has 1 aromatic rings. The standard InChI is InChI=1S/C11H10ClNO/c1-8-3-2-4-10-9(8)5-6-13-11(10,12)7-14/h2-7,13H,1H3. The van der Waals surface area contributed by atoms with Crippen molar-refractivity contribution in [3.63, 3.8) is 0 Å². The van der Waals surface area contributed by atoms with Crippen LogP contribution >= 0.6 is 11.6 Å². The highest BCUT2D eigenvalue weighted by molar-refractivity contribution is 6.31. The first kappa shape index (κ1) is 9.28. The van der Waals surface area contributed by atoms with Gasteiger partial charge in [-0.1, -0.05) is 29.8 Å². The number of benzene rings is 1. The summed E-state index contributed by atoms with van der Waals surface area (Å²) in [5.74, 6) is 0. The van der Waals surface area contributed by atoms with E-state index in [0.29, 0.717) is 0 Å². The van der Waals surface area contributed by atoms with E-state index < -0.39 is 5.00 Å². The number of carbonyl (C=O) groups excluding carboxylic acids is 1. The first-order chi connectivity index (χ1) is 6.67. The Bertz CT molecular complexity index is 414. The fourth-order valence-electron chi connectivity index (χ4n) is 1.64. The summed E-state index contributed by atoms with van der Waals surface area (Å²) in [5, 5.41) is 2.85. The Morgan fingerprint density at radius 1 is 1.50 bits per heavy atom. The van der Waals surface area contributed by atoms with Gasteiger partial charge < -0.3 is 5.32 Å². The Balaban J connectivity index is 2.68. The molecule has 2 rings (SSSR count). The molecule has 1 aromatic carbocycles. The van der Waals surface area contributed by atoms with Gasteiger partial charge in [-0.25, -0.2) is 0 Å². The highest BCUT2D eigenvalue weighted by Gasteiger charge is 2.32. The number of hydrogen-bond donors (Lipinski definition) is 1. The van der Waals surface area contributed by atoms with Crippen LogP contribution in [0.15, 0.2) is 24.4 Å². The lowest BCUT2D eigenvalue weighted by atomic mass is 9.94. The highest BCUT2D eigenvalue weighted by atomic mass is 35.5.